The Morgan fingerprint density at radius 3 is 2.38 bits per heavy atom. The zero-order valence-corrected chi connectivity index (χ0v) is 15.2. The molecular weight excluding hydrogens is 366 g/mol. The molecule has 0 aliphatic heterocycles. The number of amides is 1. The van der Waals surface area contributed by atoms with Gasteiger partial charge in [-0.05, 0) is 49.7 Å². The fourth-order valence-corrected chi connectivity index (χ4v) is 3.48. The van der Waals surface area contributed by atoms with Gasteiger partial charge in [0.15, 0.2) is 11.6 Å². The molecule has 2 aromatic rings. The first-order valence-electron chi connectivity index (χ1n) is 7.57. The Labute approximate surface area is 150 Å². The van der Waals surface area contributed by atoms with Crippen LogP contribution in [0.1, 0.15) is 12.5 Å². The molecule has 1 amide bonds. The van der Waals surface area contributed by atoms with Crippen molar-refractivity contribution in [3.05, 3.63) is 53.6 Å². The minimum atomic E-state index is -3.96. The van der Waals surface area contributed by atoms with Gasteiger partial charge in [-0.3, -0.25) is 4.79 Å². The van der Waals surface area contributed by atoms with E-state index in [-0.39, 0.29) is 10.6 Å². The molecule has 9 heteroatoms. The van der Waals surface area contributed by atoms with Crippen molar-refractivity contribution in [2.45, 2.75) is 24.8 Å². The molecule has 0 bridgehead atoms. The van der Waals surface area contributed by atoms with Gasteiger partial charge in [0, 0.05) is 11.8 Å². The van der Waals surface area contributed by atoms with Crippen LogP contribution >= 0.6 is 0 Å². The number of carbonyl (C=O) groups excluding carboxylic acids is 1. The minimum absolute atomic E-state index is 0.0141. The maximum atomic E-state index is 13.2. The van der Waals surface area contributed by atoms with E-state index in [0.29, 0.717) is 11.3 Å². The number of carbonyl (C=O) groups is 1. The number of hydrogen-bond donors (Lipinski definition) is 2. The predicted octanol–water partition coefficient (Wildman–Crippen LogP) is 2.59. The Morgan fingerprint density at radius 1 is 1.12 bits per heavy atom. The molecular formula is C17H18F2N2O4S. The quantitative estimate of drug-likeness (QED) is 0.802. The first-order valence-corrected chi connectivity index (χ1v) is 9.05. The van der Waals surface area contributed by atoms with Crippen molar-refractivity contribution in [2.24, 2.45) is 0 Å². The number of anilines is 1. The van der Waals surface area contributed by atoms with Gasteiger partial charge in [-0.2, -0.15) is 4.72 Å². The van der Waals surface area contributed by atoms with Crippen LogP contribution in [0.25, 0.3) is 0 Å². The molecule has 1 atom stereocenters. The van der Waals surface area contributed by atoms with E-state index in [1.54, 1.807) is 6.92 Å². The lowest BCUT2D eigenvalue weighted by Gasteiger charge is -2.15. The highest BCUT2D eigenvalue weighted by Crippen LogP contribution is 2.21. The van der Waals surface area contributed by atoms with Gasteiger partial charge in [0.1, 0.15) is 5.75 Å². The highest BCUT2D eigenvalue weighted by molar-refractivity contribution is 7.89. The largest absolute Gasteiger partial charge is 0.496 e. The van der Waals surface area contributed by atoms with Gasteiger partial charge >= 0.3 is 0 Å². The molecule has 140 valence electrons. The maximum Gasteiger partial charge on any atom is 0.242 e. The molecule has 0 saturated heterocycles. The molecule has 2 aromatic carbocycles. The molecule has 0 aliphatic rings. The van der Waals surface area contributed by atoms with E-state index < -0.39 is 33.6 Å². The van der Waals surface area contributed by atoms with E-state index in [9.17, 15) is 22.0 Å². The van der Waals surface area contributed by atoms with Crippen molar-refractivity contribution in [1.29, 1.82) is 0 Å². The Balaban J connectivity index is 2.11. The van der Waals surface area contributed by atoms with Crippen LogP contribution in [0, 0.1) is 18.6 Å². The van der Waals surface area contributed by atoms with Crippen LogP contribution < -0.4 is 14.8 Å². The number of sulfonamides is 1. The van der Waals surface area contributed by atoms with Gasteiger partial charge in [-0.1, -0.05) is 0 Å². The van der Waals surface area contributed by atoms with Crippen LogP contribution in [0.2, 0.25) is 0 Å². The number of benzene rings is 2. The van der Waals surface area contributed by atoms with Crippen molar-refractivity contribution in [3.8, 4) is 5.75 Å². The molecule has 0 saturated carbocycles. The highest BCUT2D eigenvalue weighted by Gasteiger charge is 2.23. The second-order valence-electron chi connectivity index (χ2n) is 5.59. The standard InChI is InChI=1S/C17H18F2N2O4S/c1-10-8-13(5-7-16(10)25-3)26(23,24)21-11(2)17(22)20-12-4-6-14(18)15(19)9-12/h4-9,11,21H,1-3H3,(H,20,22)/t11-/m0/s1. The number of methoxy groups -OCH3 is 1. The number of rotatable bonds is 6. The Bertz CT molecular complexity index is 932. The molecule has 0 spiro atoms. The molecule has 0 unspecified atom stereocenters. The van der Waals surface area contributed by atoms with Gasteiger partial charge in [0.2, 0.25) is 15.9 Å². The van der Waals surface area contributed by atoms with E-state index in [2.05, 4.69) is 10.0 Å². The van der Waals surface area contributed by atoms with Gasteiger partial charge < -0.3 is 10.1 Å². The Hall–Kier alpha value is -2.52. The van der Waals surface area contributed by atoms with E-state index in [1.807, 2.05) is 0 Å². The van der Waals surface area contributed by atoms with Gasteiger partial charge in [-0.25, -0.2) is 17.2 Å². The maximum absolute atomic E-state index is 13.2. The van der Waals surface area contributed by atoms with Crippen molar-refractivity contribution < 1.29 is 26.7 Å². The molecule has 26 heavy (non-hydrogen) atoms. The number of hydrogen-bond acceptors (Lipinski definition) is 4. The molecule has 0 aliphatic carbocycles. The van der Waals surface area contributed by atoms with E-state index in [0.717, 1.165) is 12.1 Å². The summed E-state index contributed by atoms with van der Waals surface area (Å²) in [4.78, 5) is 12.1. The van der Waals surface area contributed by atoms with Crippen molar-refractivity contribution >= 4 is 21.6 Å². The molecule has 0 aromatic heterocycles. The zero-order chi connectivity index (χ0) is 19.5. The first-order chi connectivity index (χ1) is 12.1. The predicted molar refractivity (Wildman–Crippen MR) is 92.5 cm³/mol. The Kier molecular flexibility index (Phi) is 5.94. The third-order valence-electron chi connectivity index (χ3n) is 3.59. The molecule has 2 N–H and O–H groups in total. The van der Waals surface area contributed by atoms with Crippen LogP contribution in [0.15, 0.2) is 41.3 Å². The van der Waals surface area contributed by atoms with Crippen molar-refractivity contribution in [1.82, 2.24) is 4.72 Å². The monoisotopic (exact) mass is 384 g/mol. The molecule has 6 nitrogen and oxygen atoms in total. The summed E-state index contributed by atoms with van der Waals surface area (Å²) in [6.45, 7) is 3.03. The summed E-state index contributed by atoms with van der Waals surface area (Å²) in [5.41, 5.74) is 0.634. The van der Waals surface area contributed by atoms with Crippen molar-refractivity contribution in [3.63, 3.8) is 0 Å². The zero-order valence-electron chi connectivity index (χ0n) is 14.3. The Morgan fingerprint density at radius 2 is 1.81 bits per heavy atom. The molecule has 0 radical (unpaired) electrons. The fraction of sp³-hybridized carbons (Fsp3) is 0.235. The third-order valence-corrected chi connectivity index (χ3v) is 5.13. The minimum Gasteiger partial charge on any atom is -0.496 e. The van der Waals surface area contributed by atoms with Crippen LogP contribution in [0.3, 0.4) is 0 Å². The van der Waals surface area contributed by atoms with Gasteiger partial charge in [0.05, 0.1) is 18.0 Å². The lowest BCUT2D eigenvalue weighted by Crippen LogP contribution is -2.41. The average molecular weight is 384 g/mol. The number of halogens is 2. The summed E-state index contributed by atoms with van der Waals surface area (Å²) in [7, 11) is -2.49. The summed E-state index contributed by atoms with van der Waals surface area (Å²) in [6.07, 6.45) is 0. The molecule has 0 fully saturated rings. The van der Waals surface area contributed by atoms with Crippen LogP contribution in [0.4, 0.5) is 14.5 Å². The number of aryl methyl sites for hydroxylation is 1. The first kappa shape index (κ1) is 19.8. The summed E-state index contributed by atoms with van der Waals surface area (Å²) in [6, 6.07) is 5.98. The van der Waals surface area contributed by atoms with Crippen molar-refractivity contribution in [2.75, 3.05) is 12.4 Å². The second-order valence-corrected chi connectivity index (χ2v) is 7.31. The van der Waals surface area contributed by atoms with E-state index in [4.69, 9.17) is 4.74 Å². The summed E-state index contributed by atoms with van der Waals surface area (Å²) >= 11 is 0. The number of nitrogens with one attached hydrogen (secondary N) is 2. The smallest absolute Gasteiger partial charge is 0.242 e. The fourth-order valence-electron chi connectivity index (χ4n) is 2.20. The third kappa shape index (κ3) is 4.55. The van der Waals surface area contributed by atoms with Gasteiger partial charge in [-0.15, -0.1) is 0 Å². The SMILES string of the molecule is COc1ccc(S(=O)(=O)N[C@@H](C)C(=O)Nc2ccc(F)c(F)c2)cc1C. The lowest BCUT2D eigenvalue weighted by atomic mass is 10.2. The number of ether oxygens (including phenoxy) is 1. The topological polar surface area (TPSA) is 84.5 Å². The highest BCUT2D eigenvalue weighted by atomic mass is 32.2. The second kappa shape index (κ2) is 7.79. The van der Waals surface area contributed by atoms with Gasteiger partial charge in [0.25, 0.3) is 0 Å². The van der Waals surface area contributed by atoms with Crippen LogP contribution in [-0.2, 0) is 14.8 Å². The van der Waals surface area contributed by atoms with Crippen LogP contribution in [-0.4, -0.2) is 27.5 Å². The van der Waals surface area contributed by atoms with Crippen LogP contribution in [0.5, 0.6) is 5.75 Å². The molecule has 0 heterocycles. The van der Waals surface area contributed by atoms with E-state index in [1.165, 1.54) is 38.3 Å². The normalized spacial score (nSPS) is 12.5. The summed E-state index contributed by atoms with van der Waals surface area (Å²) in [5.74, 6) is -2.35. The summed E-state index contributed by atoms with van der Waals surface area (Å²) in [5, 5.41) is 2.32. The average Bonchev–Trinajstić information content (AvgIpc) is 2.57. The molecule has 2 rings (SSSR count). The van der Waals surface area contributed by atoms with E-state index >= 15 is 0 Å². The lowest BCUT2D eigenvalue weighted by molar-refractivity contribution is -0.117. The summed E-state index contributed by atoms with van der Waals surface area (Å²) < 4.78 is 58.2.